The van der Waals surface area contributed by atoms with Gasteiger partial charge in [-0.25, -0.2) is 0 Å². The Morgan fingerprint density at radius 1 is 1.16 bits per heavy atom. The molecule has 4 aromatic rings. The molecule has 2 aromatic heterocycles. The first-order valence-corrected chi connectivity index (χ1v) is 8.29. The second-order valence-corrected chi connectivity index (χ2v) is 6.42. The van der Waals surface area contributed by atoms with Crippen LogP contribution in [-0.4, -0.2) is 20.6 Å². The van der Waals surface area contributed by atoms with Crippen LogP contribution in [0.25, 0.3) is 27.5 Å². The predicted molar refractivity (Wildman–Crippen MR) is 99.7 cm³/mol. The molecule has 0 radical (unpaired) electrons. The molecule has 0 atom stereocenters. The highest BCUT2D eigenvalue weighted by Gasteiger charge is 2.18. The van der Waals surface area contributed by atoms with Gasteiger partial charge in [-0.05, 0) is 42.8 Å². The van der Waals surface area contributed by atoms with Crippen molar-refractivity contribution in [3.8, 4) is 5.69 Å². The molecule has 2 aromatic carbocycles. The van der Waals surface area contributed by atoms with Gasteiger partial charge in [-0.15, -0.1) is 0 Å². The molecule has 2 heterocycles. The lowest BCUT2D eigenvalue weighted by Gasteiger charge is -2.12. The van der Waals surface area contributed by atoms with Gasteiger partial charge in [0.05, 0.1) is 23.1 Å². The molecule has 1 N–H and O–H groups in total. The van der Waals surface area contributed by atoms with Crippen LogP contribution < -0.4 is 0 Å². The summed E-state index contributed by atoms with van der Waals surface area (Å²) in [4.78, 5) is 15.7. The van der Waals surface area contributed by atoms with Crippen molar-refractivity contribution in [1.29, 1.82) is 0 Å². The number of pyridine rings is 1. The van der Waals surface area contributed by atoms with Crippen molar-refractivity contribution in [2.75, 3.05) is 0 Å². The Kier molecular flexibility index (Phi) is 3.70. The van der Waals surface area contributed by atoms with Gasteiger partial charge in [-0.3, -0.25) is 9.78 Å². The zero-order chi connectivity index (χ0) is 17.6. The topological polar surface area (TPSA) is 55.1 Å². The van der Waals surface area contributed by atoms with Gasteiger partial charge in [-0.1, -0.05) is 29.8 Å². The fourth-order valence-electron chi connectivity index (χ4n) is 3.42. The number of aliphatic carboxylic acids is 1. The van der Waals surface area contributed by atoms with Gasteiger partial charge < -0.3 is 9.67 Å². The van der Waals surface area contributed by atoms with Crippen molar-refractivity contribution in [1.82, 2.24) is 9.55 Å². The smallest absolute Gasteiger partial charge is 0.307 e. The first kappa shape index (κ1) is 15.7. The third-order valence-corrected chi connectivity index (χ3v) is 4.73. The zero-order valence-corrected chi connectivity index (χ0v) is 14.3. The van der Waals surface area contributed by atoms with Crippen molar-refractivity contribution < 1.29 is 9.90 Å². The number of carboxylic acid groups (broad SMARTS) is 1. The first-order valence-electron chi connectivity index (χ1n) is 7.91. The molecule has 5 heteroatoms. The van der Waals surface area contributed by atoms with Crippen LogP contribution in [0.15, 0.2) is 54.7 Å². The number of halogens is 1. The Bertz CT molecular complexity index is 1130. The summed E-state index contributed by atoms with van der Waals surface area (Å²) in [5.74, 6) is -0.836. The lowest BCUT2D eigenvalue weighted by atomic mass is 10.1. The molecule has 0 aliphatic rings. The minimum atomic E-state index is -0.836. The van der Waals surface area contributed by atoms with E-state index in [-0.39, 0.29) is 6.42 Å². The van der Waals surface area contributed by atoms with E-state index in [2.05, 4.69) is 9.55 Å². The Labute approximate surface area is 149 Å². The fourth-order valence-corrected chi connectivity index (χ4v) is 3.59. The maximum Gasteiger partial charge on any atom is 0.307 e. The Balaban J connectivity index is 2.09. The lowest BCUT2D eigenvalue weighted by Crippen LogP contribution is -2.03. The molecule has 0 aliphatic carbocycles. The summed E-state index contributed by atoms with van der Waals surface area (Å²) in [5.41, 5.74) is 4.51. The summed E-state index contributed by atoms with van der Waals surface area (Å²) in [7, 11) is 0. The summed E-state index contributed by atoms with van der Waals surface area (Å²) in [6, 6.07) is 15.4. The molecule has 0 saturated carbocycles. The van der Waals surface area contributed by atoms with Gasteiger partial charge in [0.2, 0.25) is 0 Å². The largest absolute Gasteiger partial charge is 0.481 e. The summed E-state index contributed by atoms with van der Waals surface area (Å²) >= 11 is 6.09. The molecule has 0 amide bonds. The highest BCUT2D eigenvalue weighted by molar-refractivity contribution is 6.31. The first-order chi connectivity index (χ1) is 12.1. The summed E-state index contributed by atoms with van der Waals surface area (Å²) in [6.45, 7) is 1.96. The minimum absolute atomic E-state index is 0.00576. The summed E-state index contributed by atoms with van der Waals surface area (Å²) < 4.78 is 2.10. The molecule has 124 valence electrons. The van der Waals surface area contributed by atoms with Crippen molar-refractivity contribution in [2.45, 2.75) is 13.3 Å². The van der Waals surface area contributed by atoms with E-state index in [4.69, 9.17) is 11.6 Å². The second-order valence-electron chi connectivity index (χ2n) is 5.98. The predicted octanol–water partition coefficient (Wildman–Crippen LogP) is 4.77. The summed E-state index contributed by atoms with van der Waals surface area (Å²) in [6.07, 6.45) is 1.74. The van der Waals surface area contributed by atoms with Crippen LogP contribution >= 0.6 is 11.6 Å². The Hall–Kier alpha value is -2.85. The van der Waals surface area contributed by atoms with Crippen LogP contribution in [0.1, 0.15) is 11.3 Å². The molecule has 0 aliphatic heterocycles. The third kappa shape index (κ3) is 2.55. The molecular formula is C20H15ClN2O2. The van der Waals surface area contributed by atoms with Crippen LogP contribution in [0.2, 0.25) is 5.02 Å². The minimum Gasteiger partial charge on any atom is -0.481 e. The van der Waals surface area contributed by atoms with Crippen LogP contribution in [0.5, 0.6) is 0 Å². The number of nitrogens with zero attached hydrogens (tertiary/aromatic N) is 2. The maximum absolute atomic E-state index is 11.3. The SMILES string of the molecule is Cc1c(CC(=O)O)c2ccccc2n1-c1ccnc2cc(Cl)ccc12. The number of benzene rings is 2. The van der Waals surface area contributed by atoms with Crippen molar-refractivity contribution in [3.63, 3.8) is 0 Å². The number of para-hydroxylation sites is 1. The number of hydrogen-bond donors (Lipinski definition) is 1. The normalized spacial score (nSPS) is 11.3. The van der Waals surface area contributed by atoms with Crippen molar-refractivity contribution >= 4 is 39.4 Å². The van der Waals surface area contributed by atoms with Crippen LogP contribution in [-0.2, 0) is 11.2 Å². The van der Waals surface area contributed by atoms with E-state index in [1.54, 1.807) is 6.20 Å². The average Bonchev–Trinajstić information content (AvgIpc) is 2.86. The zero-order valence-electron chi connectivity index (χ0n) is 13.5. The van der Waals surface area contributed by atoms with Crippen LogP contribution in [0.4, 0.5) is 0 Å². The van der Waals surface area contributed by atoms with Crippen LogP contribution in [0.3, 0.4) is 0 Å². The van der Waals surface area contributed by atoms with Gasteiger partial charge in [0.25, 0.3) is 0 Å². The quantitative estimate of drug-likeness (QED) is 0.579. The van der Waals surface area contributed by atoms with E-state index in [1.807, 2.05) is 55.5 Å². The maximum atomic E-state index is 11.3. The van der Waals surface area contributed by atoms with Gasteiger partial charge in [0, 0.05) is 27.7 Å². The number of carbonyl (C=O) groups is 1. The summed E-state index contributed by atoms with van der Waals surface area (Å²) in [5, 5.41) is 11.9. The van der Waals surface area contributed by atoms with Gasteiger partial charge in [-0.2, -0.15) is 0 Å². The van der Waals surface area contributed by atoms with Gasteiger partial charge in [0.15, 0.2) is 0 Å². The monoisotopic (exact) mass is 350 g/mol. The molecule has 4 rings (SSSR count). The van der Waals surface area contributed by atoms with E-state index >= 15 is 0 Å². The number of carboxylic acids is 1. The van der Waals surface area contributed by atoms with E-state index in [1.165, 1.54) is 0 Å². The van der Waals surface area contributed by atoms with E-state index < -0.39 is 5.97 Å². The molecule has 0 unspecified atom stereocenters. The van der Waals surface area contributed by atoms with E-state index in [0.29, 0.717) is 5.02 Å². The van der Waals surface area contributed by atoms with Crippen LogP contribution in [0, 0.1) is 6.92 Å². The standard InChI is InChI=1S/C20H15ClN2O2/c1-12-16(11-20(24)25)14-4-2-3-5-18(14)23(12)19-8-9-22-17-10-13(21)6-7-15(17)19/h2-10H,11H2,1H3,(H,24,25). The molecular weight excluding hydrogens is 336 g/mol. The van der Waals surface area contributed by atoms with Crippen molar-refractivity contribution in [3.05, 3.63) is 71.0 Å². The highest BCUT2D eigenvalue weighted by atomic mass is 35.5. The number of hydrogen-bond acceptors (Lipinski definition) is 2. The highest BCUT2D eigenvalue weighted by Crippen LogP contribution is 2.32. The van der Waals surface area contributed by atoms with Crippen molar-refractivity contribution in [2.24, 2.45) is 0 Å². The third-order valence-electron chi connectivity index (χ3n) is 4.49. The Morgan fingerprint density at radius 3 is 2.76 bits per heavy atom. The average molecular weight is 351 g/mol. The second kappa shape index (κ2) is 5.90. The number of rotatable bonds is 3. The molecule has 0 bridgehead atoms. The molecule has 25 heavy (non-hydrogen) atoms. The number of fused-ring (bicyclic) bond motifs is 2. The fraction of sp³-hybridized carbons (Fsp3) is 0.100. The van der Waals surface area contributed by atoms with E-state index in [0.717, 1.165) is 38.8 Å². The van der Waals surface area contributed by atoms with Gasteiger partial charge >= 0.3 is 5.97 Å². The Morgan fingerprint density at radius 2 is 1.96 bits per heavy atom. The molecule has 4 nitrogen and oxygen atoms in total. The molecule has 0 saturated heterocycles. The van der Waals surface area contributed by atoms with E-state index in [9.17, 15) is 9.90 Å². The molecule has 0 spiro atoms. The lowest BCUT2D eigenvalue weighted by molar-refractivity contribution is -0.136. The van der Waals surface area contributed by atoms with Gasteiger partial charge in [0.1, 0.15) is 0 Å². The number of aromatic nitrogens is 2. The molecule has 0 fully saturated rings.